The highest BCUT2D eigenvalue weighted by Gasteiger charge is 2.22. The third kappa shape index (κ3) is 4.23. The Hall–Kier alpha value is -2.97. The predicted octanol–water partition coefficient (Wildman–Crippen LogP) is 4.67. The zero-order valence-electron chi connectivity index (χ0n) is 15.8. The SMILES string of the molecule is Cc1ccc(Cn2nc(C)c(C(=O)OCc3noc(-c4ccsc4)n3)c2Cl)cc1. The minimum Gasteiger partial charge on any atom is -0.454 e. The molecule has 148 valence electrons. The summed E-state index contributed by atoms with van der Waals surface area (Å²) in [5.74, 6) is 0.0855. The Balaban J connectivity index is 1.44. The zero-order chi connectivity index (χ0) is 20.4. The van der Waals surface area contributed by atoms with E-state index in [2.05, 4.69) is 15.2 Å². The molecule has 0 N–H and O–H groups in total. The molecule has 0 spiro atoms. The van der Waals surface area contributed by atoms with Crippen molar-refractivity contribution in [1.29, 1.82) is 0 Å². The van der Waals surface area contributed by atoms with E-state index in [-0.39, 0.29) is 23.1 Å². The minimum atomic E-state index is -0.579. The van der Waals surface area contributed by atoms with Crippen LogP contribution in [0, 0.1) is 13.8 Å². The molecule has 0 amide bonds. The number of ether oxygens (including phenoxy) is 1. The first kappa shape index (κ1) is 19.4. The summed E-state index contributed by atoms with van der Waals surface area (Å²) in [7, 11) is 0. The molecule has 0 fully saturated rings. The van der Waals surface area contributed by atoms with Crippen LogP contribution in [0.3, 0.4) is 0 Å². The van der Waals surface area contributed by atoms with Crippen LogP contribution >= 0.6 is 22.9 Å². The van der Waals surface area contributed by atoms with Gasteiger partial charge in [-0.1, -0.05) is 46.6 Å². The maximum absolute atomic E-state index is 12.6. The van der Waals surface area contributed by atoms with E-state index in [1.165, 1.54) is 16.9 Å². The Morgan fingerprint density at radius 1 is 1.24 bits per heavy atom. The topological polar surface area (TPSA) is 83.0 Å². The number of aromatic nitrogens is 4. The molecule has 0 aliphatic heterocycles. The monoisotopic (exact) mass is 428 g/mol. The third-order valence-electron chi connectivity index (χ3n) is 4.29. The van der Waals surface area contributed by atoms with E-state index < -0.39 is 5.97 Å². The largest absolute Gasteiger partial charge is 0.454 e. The maximum Gasteiger partial charge on any atom is 0.343 e. The summed E-state index contributed by atoms with van der Waals surface area (Å²) in [6.45, 7) is 4.08. The van der Waals surface area contributed by atoms with Gasteiger partial charge in [0.15, 0.2) is 6.61 Å². The van der Waals surface area contributed by atoms with Gasteiger partial charge in [0, 0.05) is 5.38 Å². The van der Waals surface area contributed by atoms with Crippen LogP contribution in [0.15, 0.2) is 45.6 Å². The van der Waals surface area contributed by atoms with Crippen molar-refractivity contribution < 1.29 is 14.1 Å². The molecule has 0 aliphatic rings. The van der Waals surface area contributed by atoms with E-state index in [4.69, 9.17) is 20.9 Å². The summed E-state index contributed by atoms with van der Waals surface area (Å²) in [6.07, 6.45) is 0. The molecular weight excluding hydrogens is 412 g/mol. The van der Waals surface area contributed by atoms with Crippen molar-refractivity contribution in [3.05, 3.63) is 74.5 Å². The fourth-order valence-corrected chi connectivity index (χ4v) is 3.72. The lowest BCUT2D eigenvalue weighted by molar-refractivity contribution is 0.0459. The van der Waals surface area contributed by atoms with Crippen LogP contribution in [0.5, 0.6) is 0 Å². The molecule has 3 heterocycles. The lowest BCUT2D eigenvalue weighted by Gasteiger charge is -2.05. The number of hydrogen-bond donors (Lipinski definition) is 0. The third-order valence-corrected chi connectivity index (χ3v) is 5.36. The molecule has 9 heteroatoms. The van der Waals surface area contributed by atoms with Crippen molar-refractivity contribution in [1.82, 2.24) is 19.9 Å². The molecule has 29 heavy (non-hydrogen) atoms. The van der Waals surface area contributed by atoms with Crippen LogP contribution in [0.4, 0.5) is 0 Å². The highest BCUT2D eigenvalue weighted by atomic mass is 35.5. The standard InChI is InChI=1S/C20H17ClN4O3S/c1-12-3-5-14(6-4-12)9-25-18(21)17(13(2)23-25)20(26)27-10-16-22-19(28-24-16)15-7-8-29-11-15/h3-8,11H,9-10H2,1-2H3. The molecule has 0 atom stereocenters. The van der Waals surface area contributed by atoms with Gasteiger partial charge in [-0.25, -0.2) is 9.48 Å². The summed E-state index contributed by atoms with van der Waals surface area (Å²) in [6, 6.07) is 9.91. The van der Waals surface area contributed by atoms with Crippen molar-refractivity contribution in [2.75, 3.05) is 0 Å². The fraction of sp³-hybridized carbons (Fsp3) is 0.200. The van der Waals surface area contributed by atoms with E-state index in [9.17, 15) is 4.79 Å². The fourth-order valence-electron chi connectivity index (χ4n) is 2.77. The second-order valence-electron chi connectivity index (χ2n) is 6.50. The van der Waals surface area contributed by atoms with Gasteiger partial charge in [0.2, 0.25) is 5.82 Å². The van der Waals surface area contributed by atoms with Gasteiger partial charge < -0.3 is 9.26 Å². The first-order chi connectivity index (χ1) is 14.0. The number of carbonyl (C=O) groups is 1. The number of aryl methyl sites for hydroxylation is 2. The van der Waals surface area contributed by atoms with Gasteiger partial charge in [0.05, 0.1) is 17.8 Å². The number of halogens is 1. The van der Waals surface area contributed by atoms with Crippen molar-refractivity contribution in [3.63, 3.8) is 0 Å². The lowest BCUT2D eigenvalue weighted by atomic mass is 10.1. The summed E-state index contributed by atoms with van der Waals surface area (Å²) >= 11 is 7.94. The Morgan fingerprint density at radius 3 is 2.76 bits per heavy atom. The molecule has 0 aliphatic carbocycles. The molecule has 0 bridgehead atoms. The second-order valence-corrected chi connectivity index (χ2v) is 7.64. The summed E-state index contributed by atoms with van der Waals surface area (Å²) < 4.78 is 12.1. The number of hydrogen-bond acceptors (Lipinski definition) is 7. The number of thiophene rings is 1. The number of esters is 1. The van der Waals surface area contributed by atoms with Gasteiger partial charge in [-0.3, -0.25) is 0 Å². The van der Waals surface area contributed by atoms with E-state index in [1.807, 2.05) is 48.0 Å². The summed E-state index contributed by atoms with van der Waals surface area (Å²) in [5.41, 5.74) is 3.77. The molecule has 4 rings (SSSR count). The molecule has 0 unspecified atom stereocenters. The predicted molar refractivity (Wildman–Crippen MR) is 109 cm³/mol. The molecule has 7 nitrogen and oxygen atoms in total. The molecule has 0 radical (unpaired) electrons. The smallest absolute Gasteiger partial charge is 0.343 e. The van der Waals surface area contributed by atoms with E-state index in [1.54, 1.807) is 11.6 Å². The van der Waals surface area contributed by atoms with Crippen LogP contribution in [-0.2, 0) is 17.9 Å². The first-order valence-corrected chi connectivity index (χ1v) is 10.1. The quantitative estimate of drug-likeness (QED) is 0.415. The van der Waals surface area contributed by atoms with Gasteiger partial charge in [-0.05, 0) is 30.9 Å². The van der Waals surface area contributed by atoms with Gasteiger partial charge >= 0.3 is 5.97 Å². The van der Waals surface area contributed by atoms with Gasteiger partial charge in [-0.15, -0.1) is 0 Å². The number of benzene rings is 1. The zero-order valence-corrected chi connectivity index (χ0v) is 17.3. The molecule has 0 saturated carbocycles. The number of rotatable bonds is 6. The Labute approximate surface area is 175 Å². The van der Waals surface area contributed by atoms with Crippen LogP contribution in [-0.4, -0.2) is 25.9 Å². The Bertz CT molecular complexity index is 1130. The summed E-state index contributed by atoms with van der Waals surface area (Å²) in [4.78, 5) is 16.8. The van der Waals surface area contributed by atoms with E-state index in [0.717, 1.165) is 11.1 Å². The highest BCUT2D eigenvalue weighted by Crippen LogP contribution is 2.23. The van der Waals surface area contributed by atoms with E-state index in [0.29, 0.717) is 18.1 Å². The second kappa shape index (κ2) is 8.18. The maximum atomic E-state index is 12.6. The van der Waals surface area contributed by atoms with Crippen molar-refractivity contribution in [2.45, 2.75) is 27.0 Å². The minimum absolute atomic E-state index is 0.120. The van der Waals surface area contributed by atoms with Crippen LogP contribution in [0.25, 0.3) is 11.5 Å². The van der Waals surface area contributed by atoms with Gasteiger partial charge in [0.25, 0.3) is 5.89 Å². The first-order valence-electron chi connectivity index (χ1n) is 8.82. The average molecular weight is 429 g/mol. The summed E-state index contributed by atoms with van der Waals surface area (Å²) in [5, 5.41) is 12.3. The average Bonchev–Trinajstić information content (AvgIpc) is 3.43. The molecule has 3 aromatic heterocycles. The van der Waals surface area contributed by atoms with Crippen LogP contribution in [0.1, 0.15) is 33.0 Å². The molecule has 1 aromatic carbocycles. The van der Waals surface area contributed by atoms with Crippen LogP contribution in [0.2, 0.25) is 5.15 Å². The number of nitrogens with zero attached hydrogens (tertiary/aromatic N) is 4. The molecule has 4 aromatic rings. The lowest BCUT2D eigenvalue weighted by Crippen LogP contribution is -2.08. The normalized spacial score (nSPS) is 11.0. The number of carbonyl (C=O) groups excluding carboxylic acids is 1. The highest BCUT2D eigenvalue weighted by molar-refractivity contribution is 7.08. The molecule has 0 saturated heterocycles. The van der Waals surface area contributed by atoms with Crippen molar-refractivity contribution in [2.24, 2.45) is 0 Å². The van der Waals surface area contributed by atoms with Crippen molar-refractivity contribution in [3.8, 4) is 11.5 Å². The Kier molecular flexibility index (Phi) is 5.46. The Morgan fingerprint density at radius 2 is 2.03 bits per heavy atom. The van der Waals surface area contributed by atoms with Crippen LogP contribution < -0.4 is 0 Å². The van der Waals surface area contributed by atoms with E-state index >= 15 is 0 Å². The van der Waals surface area contributed by atoms with Crippen molar-refractivity contribution >= 4 is 28.9 Å². The van der Waals surface area contributed by atoms with Gasteiger partial charge in [-0.2, -0.15) is 21.4 Å². The molecular formula is C20H17ClN4O3S. The van der Waals surface area contributed by atoms with Gasteiger partial charge in [0.1, 0.15) is 10.7 Å².